The average Bonchev–Trinajstić information content (AvgIpc) is 2.22. The summed E-state index contributed by atoms with van der Waals surface area (Å²) in [5.41, 5.74) is 7.16. The van der Waals surface area contributed by atoms with Crippen molar-refractivity contribution in [3.8, 4) is 0 Å². The predicted molar refractivity (Wildman–Crippen MR) is 59.7 cm³/mol. The quantitative estimate of drug-likeness (QED) is 0.352. The highest BCUT2D eigenvalue weighted by atomic mass is 16.3. The van der Waals surface area contributed by atoms with Gasteiger partial charge in [-0.1, -0.05) is 6.92 Å². The van der Waals surface area contributed by atoms with Crippen molar-refractivity contribution in [2.75, 3.05) is 7.05 Å². The molecule has 3 amide bonds. The van der Waals surface area contributed by atoms with Gasteiger partial charge < -0.3 is 16.2 Å². The lowest BCUT2D eigenvalue weighted by Crippen LogP contribution is -2.29. The monoisotopic (exact) mass is 230 g/mol. The number of urea groups is 1. The molecular formula is C9H18N4O3. The molecule has 0 unspecified atom stereocenters. The number of amides is 3. The fraction of sp³-hybridized carbons (Fsp3) is 0.667. The molecule has 0 radical (unpaired) electrons. The van der Waals surface area contributed by atoms with Crippen LogP contribution in [0.5, 0.6) is 0 Å². The van der Waals surface area contributed by atoms with Crippen LogP contribution < -0.4 is 16.5 Å². The molecule has 0 saturated heterocycles. The molecule has 0 spiro atoms. The van der Waals surface area contributed by atoms with Crippen LogP contribution in [0.25, 0.3) is 0 Å². The Bertz CT molecular complexity index is 267. The Morgan fingerprint density at radius 2 is 2.19 bits per heavy atom. The van der Waals surface area contributed by atoms with Gasteiger partial charge in [-0.2, -0.15) is 5.10 Å². The number of carbonyl (C=O) groups excluding carboxylic acids is 2. The van der Waals surface area contributed by atoms with Crippen LogP contribution in [0.2, 0.25) is 0 Å². The number of hydrazone groups is 1. The van der Waals surface area contributed by atoms with Gasteiger partial charge in [-0.25, -0.2) is 10.2 Å². The third kappa shape index (κ3) is 6.77. The van der Waals surface area contributed by atoms with Crippen LogP contribution in [-0.4, -0.2) is 36.4 Å². The Balaban J connectivity index is 3.83. The van der Waals surface area contributed by atoms with Crippen molar-refractivity contribution in [3.63, 3.8) is 0 Å². The maximum atomic E-state index is 10.7. The molecule has 0 aromatic rings. The molecule has 0 saturated carbocycles. The molecule has 0 bridgehead atoms. The van der Waals surface area contributed by atoms with Crippen LogP contribution in [-0.2, 0) is 4.79 Å². The first-order chi connectivity index (χ1) is 7.47. The van der Waals surface area contributed by atoms with Gasteiger partial charge in [-0.15, -0.1) is 0 Å². The van der Waals surface area contributed by atoms with Gasteiger partial charge in [0.05, 0.1) is 12.5 Å². The van der Waals surface area contributed by atoms with E-state index in [1.54, 1.807) is 6.92 Å². The van der Waals surface area contributed by atoms with E-state index < -0.39 is 18.0 Å². The van der Waals surface area contributed by atoms with Gasteiger partial charge in [-0.05, 0) is 12.3 Å². The number of rotatable bonds is 6. The number of aliphatic hydroxyl groups excluding tert-OH is 1. The number of hydrogen-bond donors (Lipinski definition) is 4. The van der Waals surface area contributed by atoms with Gasteiger partial charge >= 0.3 is 6.03 Å². The summed E-state index contributed by atoms with van der Waals surface area (Å²) in [5.74, 6) is -0.692. The smallest absolute Gasteiger partial charge is 0.334 e. The lowest BCUT2D eigenvalue weighted by molar-refractivity contribution is -0.120. The third-order valence-corrected chi connectivity index (χ3v) is 2.03. The highest BCUT2D eigenvalue weighted by Crippen LogP contribution is 2.09. The minimum absolute atomic E-state index is 0.0715. The van der Waals surface area contributed by atoms with Gasteiger partial charge in [-0.3, -0.25) is 4.79 Å². The number of nitrogens with one attached hydrogen (secondary N) is 2. The zero-order valence-electron chi connectivity index (χ0n) is 9.43. The first-order valence-electron chi connectivity index (χ1n) is 4.93. The number of hydrogen-bond acceptors (Lipinski definition) is 4. The molecule has 0 aliphatic heterocycles. The Hall–Kier alpha value is -1.63. The number of primary amides is 1. The number of carbonyl (C=O) groups is 2. The molecule has 7 nitrogen and oxygen atoms in total. The highest BCUT2D eigenvalue weighted by Gasteiger charge is 2.15. The Kier molecular flexibility index (Phi) is 6.86. The molecule has 0 aliphatic rings. The predicted octanol–water partition coefficient (Wildman–Crippen LogP) is -0.836. The largest absolute Gasteiger partial charge is 0.392 e. The molecule has 0 aromatic heterocycles. The normalized spacial score (nSPS) is 14.4. The maximum Gasteiger partial charge on any atom is 0.334 e. The molecule has 0 heterocycles. The summed E-state index contributed by atoms with van der Waals surface area (Å²) in [4.78, 5) is 21.2. The SMILES string of the molecule is CNC(=O)N/N=C/C[C@@H](C)[C@@H](O)CC(N)=O. The van der Waals surface area contributed by atoms with Crippen LogP contribution in [0.3, 0.4) is 0 Å². The van der Waals surface area contributed by atoms with Crippen LogP contribution in [0.4, 0.5) is 4.79 Å². The van der Waals surface area contributed by atoms with E-state index in [0.29, 0.717) is 6.42 Å². The molecule has 0 aliphatic carbocycles. The first-order valence-corrected chi connectivity index (χ1v) is 4.93. The van der Waals surface area contributed by atoms with Gasteiger partial charge in [0.1, 0.15) is 0 Å². The molecule has 0 fully saturated rings. The summed E-state index contributed by atoms with van der Waals surface area (Å²) in [5, 5.41) is 15.4. The van der Waals surface area contributed by atoms with E-state index in [1.807, 2.05) is 0 Å². The summed E-state index contributed by atoms with van der Waals surface area (Å²) in [6, 6.07) is -0.415. The topological polar surface area (TPSA) is 117 Å². The fourth-order valence-corrected chi connectivity index (χ4v) is 0.944. The third-order valence-electron chi connectivity index (χ3n) is 2.03. The van der Waals surface area contributed by atoms with E-state index in [0.717, 1.165) is 0 Å². The fourth-order valence-electron chi connectivity index (χ4n) is 0.944. The zero-order valence-corrected chi connectivity index (χ0v) is 9.43. The molecule has 16 heavy (non-hydrogen) atoms. The van der Waals surface area contributed by atoms with Gasteiger partial charge in [0.25, 0.3) is 0 Å². The molecule has 0 aromatic carbocycles. The zero-order chi connectivity index (χ0) is 12.6. The van der Waals surface area contributed by atoms with Crippen molar-refractivity contribution in [1.29, 1.82) is 0 Å². The second-order valence-corrected chi connectivity index (χ2v) is 3.45. The van der Waals surface area contributed by atoms with Crippen molar-refractivity contribution in [2.24, 2.45) is 16.8 Å². The molecular weight excluding hydrogens is 212 g/mol. The van der Waals surface area contributed by atoms with Crippen molar-refractivity contribution in [3.05, 3.63) is 0 Å². The Morgan fingerprint density at radius 1 is 1.56 bits per heavy atom. The number of nitrogens with zero attached hydrogens (tertiary/aromatic N) is 1. The Labute approximate surface area is 94.1 Å². The molecule has 2 atom stereocenters. The average molecular weight is 230 g/mol. The summed E-state index contributed by atoms with van der Waals surface area (Å²) < 4.78 is 0. The number of aliphatic hydroxyl groups is 1. The van der Waals surface area contributed by atoms with E-state index in [-0.39, 0.29) is 12.3 Å². The minimum atomic E-state index is -0.788. The van der Waals surface area contributed by atoms with E-state index in [4.69, 9.17) is 5.73 Å². The molecule has 92 valence electrons. The van der Waals surface area contributed by atoms with E-state index in [1.165, 1.54) is 13.3 Å². The summed E-state index contributed by atoms with van der Waals surface area (Å²) in [6.07, 6.45) is 1.05. The number of nitrogens with two attached hydrogens (primary N) is 1. The van der Waals surface area contributed by atoms with Crippen LogP contribution in [0.1, 0.15) is 19.8 Å². The Morgan fingerprint density at radius 3 is 2.69 bits per heavy atom. The highest BCUT2D eigenvalue weighted by molar-refractivity contribution is 5.75. The summed E-state index contributed by atoms with van der Waals surface area (Å²) in [7, 11) is 1.48. The van der Waals surface area contributed by atoms with E-state index >= 15 is 0 Å². The molecule has 5 N–H and O–H groups in total. The summed E-state index contributed by atoms with van der Waals surface area (Å²) >= 11 is 0. The minimum Gasteiger partial charge on any atom is -0.392 e. The van der Waals surface area contributed by atoms with Crippen molar-refractivity contribution in [1.82, 2.24) is 10.7 Å². The summed E-state index contributed by atoms with van der Waals surface area (Å²) in [6.45, 7) is 1.76. The van der Waals surface area contributed by atoms with Crippen molar-refractivity contribution < 1.29 is 14.7 Å². The molecule has 0 rings (SSSR count). The van der Waals surface area contributed by atoms with Gasteiger partial charge in [0, 0.05) is 13.3 Å². The van der Waals surface area contributed by atoms with E-state index in [2.05, 4.69) is 15.8 Å². The van der Waals surface area contributed by atoms with Crippen LogP contribution in [0, 0.1) is 5.92 Å². The lowest BCUT2D eigenvalue weighted by atomic mass is 9.99. The maximum absolute atomic E-state index is 10.7. The van der Waals surface area contributed by atoms with Crippen molar-refractivity contribution in [2.45, 2.75) is 25.9 Å². The second-order valence-electron chi connectivity index (χ2n) is 3.45. The molecule has 7 heteroatoms. The second kappa shape index (κ2) is 7.63. The van der Waals surface area contributed by atoms with Gasteiger partial charge in [0.2, 0.25) is 5.91 Å². The van der Waals surface area contributed by atoms with Crippen LogP contribution in [0.15, 0.2) is 5.10 Å². The van der Waals surface area contributed by atoms with E-state index in [9.17, 15) is 14.7 Å². The first kappa shape index (κ1) is 14.4. The van der Waals surface area contributed by atoms with Gasteiger partial charge in [0.15, 0.2) is 0 Å². The van der Waals surface area contributed by atoms with Crippen LogP contribution >= 0.6 is 0 Å². The van der Waals surface area contributed by atoms with Crippen molar-refractivity contribution >= 4 is 18.2 Å². The standard InChI is InChI=1S/C9H18N4O3/c1-6(7(14)5-8(10)15)3-4-12-13-9(16)11-2/h4,6-7,14H,3,5H2,1-2H3,(H2,10,15)(H2,11,13,16)/b12-4+/t6-,7+/m1/s1. The lowest BCUT2D eigenvalue weighted by Gasteiger charge is -2.14.